The predicted octanol–water partition coefficient (Wildman–Crippen LogP) is 2.62. The Hall–Kier alpha value is -3.13. The van der Waals surface area contributed by atoms with Crippen molar-refractivity contribution >= 4 is 23.4 Å². The molecule has 1 atom stereocenters. The van der Waals surface area contributed by atoms with E-state index in [-0.39, 0.29) is 23.5 Å². The van der Waals surface area contributed by atoms with Crippen LogP contribution in [0.1, 0.15) is 42.3 Å². The number of carbonyl (C=O) groups is 3. The van der Waals surface area contributed by atoms with E-state index in [9.17, 15) is 14.4 Å². The molecule has 33 heavy (non-hydrogen) atoms. The van der Waals surface area contributed by atoms with Crippen molar-refractivity contribution < 1.29 is 18.8 Å². The van der Waals surface area contributed by atoms with E-state index in [0.717, 1.165) is 30.5 Å². The number of anilines is 1. The molecule has 3 heterocycles. The molecular formula is C25H32N4O4. The molecule has 2 aromatic rings. The molecule has 0 bridgehead atoms. The molecule has 2 aliphatic heterocycles. The molecule has 1 unspecified atom stereocenters. The van der Waals surface area contributed by atoms with Crippen molar-refractivity contribution in [2.24, 2.45) is 0 Å². The van der Waals surface area contributed by atoms with Crippen LogP contribution in [0.25, 0.3) is 0 Å². The third kappa shape index (κ3) is 5.45. The molecule has 2 fully saturated rings. The zero-order valence-corrected chi connectivity index (χ0v) is 19.2. The molecular weight excluding hydrogens is 420 g/mol. The van der Waals surface area contributed by atoms with Gasteiger partial charge in [0.25, 0.3) is 5.91 Å². The van der Waals surface area contributed by atoms with E-state index in [1.807, 2.05) is 29.2 Å². The minimum atomic E-state index is -0.447. The van der Waals surface area contributed by atoms with Gasteiger partial charge in [-0.1, -0.05) is 25.1 Å². The summed E-state index contributed by atoms with van der Waals surface area (Å²) in [6, 6.07) is 10.7. The number of aryl methyl sites for hydroxylation is 1. The maximum Gasteiger partial charge on any atom is 0.290 e. The molecule has 2 aliphatic rings. The molecule has 3 amide bonds. The van der Waals surface area contributed by atoms with Crippen LogP contribution in [0.15, 0.2) is 47.1 Å². The minimum Gasteiger partial charge on any atom is -0.459 e. The van der Waals surface area contributed by atoms with Gasteiger partial charge in [0, 0.05) is 38.4 Å². The van der Waals surface area contributed by atoms with Crippen LogP contribution in [-0.4, -0.2) is 77.7 Å². The first-order valence-corrected chi connectivity index (χ1v) is 11.8. The number of nitrogens with one attached hydrogen (secondary N) is 1. The number of nitrogens with zero attached hydrogens (tertiary/aromatic N) is 3. The van der Waals surface area contributed by atoms with Gasteiger partial charge in [0.2, 0.25) is 11.8 Å². The second-order valence-corrected chi connectivity index (χ2v) is 8.65. The van der Waals surface area contributed by atoms with Gasteiger partial charge in [-0.25, -0.2) is 0 Å². The molecule has 0 spiro atoms. The van der Waals surface area contributed by atoms with Gasteiger partial charge in [0.1, 0.15) is 6.04 Å². The van der Waals surface area contributed by atoms with E-state index in [4.69, 9.17) is 4.42 Å². The van der Waals surface area contributed by atoms with Crippen molar-refractivity contribution in [3.63, 3.8) is 0 Å². The molecule has 1 aromatic heterocycles. The summed E-state index contributed by atoms with van der Waals surface area (Å²) in [4.78, 5) is 44.2. The van der Waals surface area contributed by atoms with Crippen LogP contribution < -0.4 is 5.32 Å². The third-order valence-electron chi connectivity index (χ3n) is 6.50. The molecule has 0 aliphatic carbocycles. The van der Waals surface area contributed by atoms with Crippen molar-refractivity contribution in [2.75, 3.05) is 44.6 Å². The molecule has 2 saturated heterocycles. The third-order valence-corrected chi connectivity index (χ3v) is 6.50. The highest BCUT2D eigenvalue weighted by Gasteiger charge is 2.37. The number of piperidine rings is 1. The normalized spacial score (nSPS) is 19.4. The van der Waals surface area contributed by atoms with E-state index in [2.05, 4.69) is 17.1 Å². The highest BCUT2D eigenvalue weighted by Crippen LogP contribution is 2.22. The number of amides is 3. The number of hydrogen-bond donors (Lipinski definition) is 1. The molecule has 1 aromatic carbocycles. The Kier molecular flexibility index (Phi) is 7.44. The number of benzene rings is 1. The molecule has 1 N–H and O–H groups in total. The predicted molar refractivity (Wildman–Crippen MR) is 125 cm³/mol. The lowest BCUT2D eigenvalue weighted by molar-refractivity contribution is -0.139. The average molecular weight is 453 g/mol. The fraction of sp³-hybridized carbons (Fsp3) is 0.480. The molecule has 8 heteroatoms. The topological polar surface area (TPSA) is 86.1 Å². The van der Waals surface area contributed by atoms with Crippen LogP contribution in [0.3, 0.4) is 0 Å². The Morgan fingerprint density at radius 3 is 2.52 bits per heavy atom. The summed E-state index contributed by atoms with van der Waals surface area (Å²) in [5, 5.41) is 3.01. The van der Waals surface area contributed by atoms with Gasteiger partial charge in [0.15, 0.2) is 5.76 Å². The van der Waals surface area contributed by atoms with Gasteiger partial charge >= 0.3 is 0 Å². The molecule has 0 radical (unpaired) electrons. The number of piperazine rings is 1. The van der Waals surface area contributed by atoms with Crippen molar-refractivity contribution in [3.05, 3.63) is 54.0 Å². The summed E-state index contributed by atoms with van der Waals surface area (Å²) in [6.07, 6.45) is 4.82. The van der Waals surface area contributed by atoms with Crippen LogP contribution in [0, 0.1) is 0 Å². The molecule has 176 valence electrons. The first kappa shape index (κ1) is 23.0. The Labute approximate surface area is 194 Å². The first-order valence-electron chi connectivity index (χ1n) is 11.8. The summed E-state index contributed by atoms with van der Waals surface area (Å²) >= 11 is 0. The van der Waals surface area contributed by atoms with Gasteiger partial charge in [-0.3, -0.25) is 19.3 Å². The summed E-state index contributed by atoms with van der Waals surface area (Å²) in [5.41, 5.74) is 1.97. The van der Waals surface area contributed by atoms with Crippen LogP contribution in [0.5, 0.6) is 0 Å². The number of furan rings is 1. The summed E-state index contributed by atoms with van der Waals surface area (Å²) in [5.74, 6) is 0.00431. The SMILES string of the molecule is CCc1ccccc1NC(=O)CN1CCN(C(=O)C2CCCCN2C(=O)c2ccco2)CC1. The Morgan fingerprint density at radius 2 is 1.79 bits per heavy atom. The molecule has 8 nitrogen and oxygen atoms in total. The lowest BCUT2D eigenvalue weighted by Crippen LogP contribution is -2.57. The largest absolute Gasteiger partial charge is 0.459 e. The van der Waals surface area contributed by atoms with Crippen LogP contribution >= 0.6 is 0 Å². The zero-order chi connectivity index (χ0) is 23.2. The minimum absolute atomic E-state index is 0.00409. The van der Waals surface area contributed by atoms with Gasteiger partial charge < -0.3 is 19.5 Å². The number of carbonyl (C=O) groups excluding carboxylic acids is 3. The standard InChI is InChI=1S/C25H32N4O4/c1-2-19-8-3-4-9-20(19)26-23(30)18-27-13-15-28(16-14-27)24(31)21-10-5-6-12-29(21)25(32)22-11-7-17-33-22/h3-4,7-9,11,17,21H,2,5-6,10,12-16,18H2,1H3,(H,26,30). The highest BCUT2D eigenvalue weighted by atomic mass is 16.3. The first-order chi connectivity index (χ1) is 16.1. The van der Waals surface area contributed by atoms with Gasteiger partial charge in [-0.05, 0) is 49.4 Å². The smallest absolute Gasteiger partial charge is 0.290 e. The second-order valence-electron chi connectivity index (χ2n) is 8.65. The van der Waals surface area contributed by atoms with E-state index in [1.165, 1.54) is 6.26 Å². The van der Waals surface area contributed by atoms with E-state index < -0.39 is 6.04 Å². The second kappa shape index (κ2) is 10.7. The van der Waals surface area contributed by atoms with E-state index in [0.29, 0.717) is 45.7 Å². The van der Waals surface area contributed by atoms with Crippen LogP contribution in [0.4, 0.5) is 5.69 Å². The Balaban J connectivity index is 1.30. The van der Waals surface area contributed by atoms with Gasteiger partial charge in [-0.2, -0.15) is 0 Å². The quantitative estimate of drug-likeness (QED) is 0.728. The molecule has 0 saturated carbocycles. The van der Waals surface area contributed by atoms with Crippen molar-refractivity contribution in [2.45, 2.75) is 38.6 Å². The maximum absolute atomic E-state index is 13.3. The van der Waals surface area contributed by atoms with Crippen molar-refractivity contribution in [3.8, 4) is 0 Å². The van der Waals surface area contributed by atoms with E-state index in [1.54, 1.807) is 17.0 Å². The fourth-order valence-electron chi connectivity index (χ4n) is 4.65. The van der Waals surface area contributed by atoms with Crippen molar-refractivity contribution in [1.29, 1.82) is 0 Å². The fourth-order valence-corrected chi connectivity index (χ4v) is 4.65. The maximum atomic E-state index is 13.3. The number of hydrogen-bond acceptors (Lipinski definition) is 5. The van der Waals surface area contributed by atoms with E-state index >= 15 is 0 Å². The van der Waals surface area contributed by atoms with Gasteiger partial charge in [0.05, 0.1) is 12.8 Å². The Bertz CT molecular complexity index is 967. The zero-order valence-electron chi connectivity index (χ0n) is 19.2. The number of likely N-dealkylation sites (tertiary alicyclic amines) is 1. The molecule has 4 rings (SSSR count). The number of para-hydroxylation sites is 1. The lowest BCUT2D eigenvalue weighted by Gasteiger charge is -2.40. The summed E-state index contributed by atoms with van der Waals surface area (Å²) in [6.45, 7) is 5.30. The van der Waals surface area contributed by atoms with Crippen LogP contribution in [-0.2, 0) is 16.0 Å². The van der Waals surface area contributed by atoms with Crippen LogP contribution in [0.2, 0.25) is 0 Å². The lowest BCUT2D eigenvalue weighted by atomic mass is 10.00. The number of rotatable bonds is 6. The Morgan fingerprint density at radius 1 is 1.00 bits per heavy atom. The summed E-state index contributed by atoms with van der Waals surface area (Å²) < 4.78 is 5.27. The van der Waals surface area contributed by atoms with Gasteiger partial charge in [-0.15, -0.1) is 0 Å². The van der Waals surface area contributed by atoms with Crippen molar-refractivity contribution in [1.82, 2.24) is 14.7 Å². The monoisotopic (exact) mass is 452 g/mol. The summed E-state index contributed by atoms with van der Waals surface area (Å²) in [7, 11) is 0. The highest BCUT2D eigenvalue weighted by molar-refractivity contribution is 5.96. The average Bonchev–Trinajstić information content (AvgIpc) is 3.39.